The summed E-state index contributed by atoms with van der Waals surface area (Å²) in [5.74, 6) is 0.741. The lowest BCUT2D eigenvalue weighted by atomic mass is 9.66. The van der Waals surface area contributed by atoms with E-state index in [-0.39, 0.29) is 11.7 Å². The van der Waals surface area contributed by atoms with Crippen LogP contribution < -0.4 is 18.9 Å². The molecule has 2 aliphatic rings. The molecule has 0 spiro atoms. The van der Waals surface area contributed by atoms with Gasteiger partial charge in [0.15, 0.2) is 23.0 Å². The Kier molecular flexibility index (Phi) is 7.86. The van der Waals surface area contributed by atoms with Crippen LogP contribution in [0.2, 0.25) is 0 Å². The fourth-order valence-electron chi connectivity index (χ4n) is 5.41. The summed E-state index contributed by atoms with van der Waals surface area (Å²) in [4.78, 5) is 31.5. The number of methoxy groups -OCH3 is 4. The predicted octanol–water partition coefficient (Wildman–Crippen LogP) is 4.86. The van der Waals surface area contributed by atoms with Crippen LogP contribution in [0, 0.1) is 5.92 Å². The monoisotopic (exact) mass is 507 g/mol. The van der Waals surface area contributed by atoms with Crippen LogP contribution in [0.15, 0.2) is 52.7 Å². The topological polar surface area (TPSA) is 92.7 Å². The van der Waals surface area contributed by atoms with Gasteiger partial charge in [0, 0.05) is 23.7 Å². The number of fused-ring (bicyclic) bond motifs is 1. The number of allylic oxidation sites excluding steroid dienone is 1. The minimum absolute atomic E-state index is 0.0246. The summed E-state index contributed by atoms with van der Waals surface area (Å²) in [5, 5.41) is 0. The molecule has 0 N–H and O–H groups in total. The third-order valence-corrected chi connectivity index (χ3v) is 7.09. The average Bonchev–Trinajstić information content (AvgIpc) is 2.91. The highest BCUT2D eigenvalue weighted by Crippen LogP contribution is 2.47. The Morgan fingerprint density at radius 3 is 2.14 bits per heavy atom. The molecule has 196 valence electrons. The van der Waals surface area contributed by atoms with E-state index >= 15 is 0 Å². The molecule has 1 unspecified atom stereocenters. The zero-order valence-corrected chi connectivity index (χ0v) is 22.1. The van der Waals surface area contributed by atoms with Crippen molar-refractivity contribution in [2.24, 2.45) is 10.9 Å². The van der Waals surface area contributed by atoms with E-state index in [0.29, 0.717) is 53.7 Å². The van der Waals surface area contributed by atoms with E-state index in [1.54, 1.807) is 28.3 Å². The van der Waals surface area contributed by atoms with E-state index in [1.165, 1.54) is 7.11 Å². The van der Waals surface area contributed by atoms with Gasteiger partial charge in [0.2, 0.25) is 0 Å². The fraction of sp³-hybridized carbons (Fsp3) is 0.414. The highest BCUT2D eigenvalue weighted by atomic mass is 16.5. The summed E-state index contributed by atoms with van der Waals surface area (Å²) < 4.78 is 27.2. The summed E-state index contributed by atoms with van der Waals surface area (Å²) in [5.41, 5.74) is 3.46. The molecule has 37 heavy (non-hydrogen) atoms. The first-order valence-corrected chi connectivity index (χ1v) is 12.3. The minimum Gasteiger partial charge on any atom is -0.493 e. The third kappa shape index (κ3) is 4.92. The number of ether oxygens (including phenoxy) is 5. The highest BCUT2D eigenvalue weighted by molar-refractivity contribution is 6.12. The third-order valence-electron chi connectivity index (χ3n) is 7.09. The molecule has 1 fully saturated rings. The van der Waals surface area contributed by atoms with Crippen LogP contribution in [0.1, 0.15) is 49.7 Å². The number of hydrogen-bond donors (Lipinski definition) is 0. The molecule has 3 atom stereocenters. The number of hydrogen-bond acceptors (Lipinski definition) is 8. The molecular formula is C29H33NO7. The Bertz CT molecular complexity index is 1260. The quantitative estimate of drug-likeness (QED) is 0.471. The summed E-state index contributed by atoms with van der Waals surface area (Å²) in [6.45, 7) is 4.17. The second-order valence-corrected chi connectivity index (χ2v) is 9.08. The molecule has 0 aromatic heterocycles. The van der Waals surface area contributed by atoms with E-state index < -0.39 is 17.8 Å². The van der Waals surface area contributed by atoms with Crippen molar-refractivity contribution in [3.63, 3.8) is 0 Å². The Balaban J connectivity index is 1.78. The van der Waals surface area contributed by atoms with Crippen molar-refractivity contribution >= 4 is 17.5 Å². The average molecular weight is 508 g/mol. The number of benzene rings is 2. The van der Waals surface area contributed by atoms with Crippen LogP contribution in [0.3, 0.4) is 0 Å². The van der Waals surface area contributed by atoms with Gasteiger partial charge in [-0.05, 0) is 61.6 Å². The molecule has 1 aliphatic heterocycles. The maximum absolute atomic E-state index is 13.8. The summed E-state index contributed by atoms with van der Waals surface area (Å²) in [6, 6.07) is 11.3. The molecule has 1 saturated carbocycles. The lowest BCUT2D eigenvalue weighted by molar-refractivity contribution is -0.136. The van der Waals surface area contributed by atoms with Gasteiger partial charge in [-0.25, -0.2) is 4.79 Å². The largest absolute Gasteiger partial charge is 0.493 e. The molecule has 0 radical (unpaired) electrons. The number of Topliss-reactive ketones (excluding diaryl/α,β-unsaturated/α-hetero) is 1. The van der Waals surface area contributed by atoms with Crippen molar-refractivity contribution in [3.8, 4) is 23.0 Å². The van der Waals surface area contributed by atoms with Crippen molar-refractivity contribution in [1.29, 1.82) is 0 Å². The van der Waals surface area contributed by atoms with Gasteiger partial charge in [0.05, 0.1) is 46.5 Å². The standard InChI is InChI=1S/C29H33NO7/c1-7-37-23-11-9-18(15-25(23)35-5)27-26(29(32)36-6)16(2)30-20-12-19(13-21(31)28(20)27)17-8-10-22(33-3)24(14-17)34-4/h8-11,14-15,19,27-28H,7,12-13H2,1-6H3/t19-,27+,28?/m1/s1. The zero-order chi connectivity index (χ0) is 26.7. The molecule has 1 heterocycles. The first-order chi connectivity index (χ1) is 17.9. The molecule has 8 nitrogen and oxygen atoms in total. The van der Waals surface area contributed by atoms with E-state index in [0.717, 1.165) is 16.8 Å². The smallest absolute Gasteiger partial charge is 0.336 e. The van der Waals surface area contributed by atoms with Crippen LogP contribution in [-0.4, -0.2) is 52.5 Å². The zero-order valence-electron chi connectivity index (χ0n) is 22.1. The Hall–Kier alpha value is -3.81. The lowest BCUT2D eigenvalue weighted by Gasteiger charge is -2.38. The Morgan fingerprint density at radius 2 is 1.49 bits per heavy atom. The van der Waals surface area contributed by atoms with Crippen LogP contribution in [0.5, 0.6) is 23.0 Å². The van der Waals surface area contributed by atoms with Gasteiger partial charge in [-0.2, -0.15) is 0 Å². The number of carbonyl (C=O) groups excluding carboxylic acids is 2. The summed E-state index contributed by atoms with van der Waals surface area (Å²) >= 11 is 0. The van der Waals surface area contributed by atoms with Gasteiger partial charge in [-0.1, -0.05) is 12.1 Å². The number of carbonyl (C=O) groups is 2. The fourth-order valence-corrected chi connectivity index (χ4v) is 5.41. The van der Waals surface area contributed by atoms with E-state index in [9.17, 15) is 9.59 Å². The van der Waals surface area contributed by atoms with Gasteiger partial charge in [-0.3, -0.25) is 9.79 Å². The molecule has 4 rings (SSSR count). The molecule has 2 aromatic rings. The van der Waals surface area contributed by atoms with Crippen molar-refractivity contribution in [2.45, 2.75) is 38.5 Å². The Morgan fingerprint density at radius 1 is 0.865 bits per heavy atom. The van der Waals surface area contributed by atoms with Crippen LogP contribution in [0.25, 0.3) is 0 Å². The van der Waals surface area contributed by atoms with E-state index in [1.807, 2.05) is 43.3 Å². The molecular weight excluding hydrogens is 474 g/mol. The first kappa shape index (κ1) is 26.3. The molecule has 0 bridgehead atoms. The summed E-state index contributed by atoms with van der Waals surface area (Å²) in [7, 11) is 6.09. The van der Waals surface area contributed by atoms with Crippen LogP contribution in [-0.2, 0) is 14.3 Å². The maximum Gasteiger partial charge on any atom is 0.336 e. The second kappa shape index (κ2) is 11.1. The van der Waals surface area contributed by atoms with Crippen molar-refractivity contribution < 1.29 is 33.3 Å². The van der Waals surface area contributed by atoms with E-state index in [4.69, 9.17) is 28.7 Å². The molecule has 2 aromatic carbocycles. The molecule has 0 amide bonds. The highest BCUT2D eigenvalue weighted by Gasteiger charge is 2.46. The van der Waals surface area contributed by atoms with Gasteiger partial charge in [0.25, 0.3) is 0 Å². The molecule has 8 heteroatoms. The SMILES string of the molecule is CCOc1ccc([C@H]2C(C(=O)OC)=C(C)N=C3C[C@@H](c4ccc(OC)c(OC)c4)CC(=O)C32)cc1OC. The lowest BCUT2D eigenvalue weighted by Crippen LogP contribution is -2.41. The van der Waals surface area contributed by atoms with Crippen molar-refractivity contribution in [1.82, 2.24) is 0 Å². The maximum atomic E-state index is 13.8. The first-order valence-electron chi connectivity index (χ1n) is 12.3. The summed E-state index contributed by atoms with van der Waals surface area (Å²) in [6.07, 6.45) is 0.902. The van der Waals surface area contributed by atoms with Crippen LogP contribution in [0.4, 0.5) is 0 Å². The van der Waals surface area contributed by atoms with Gasteiger partial charge in [0.1, 0.15) is 5.78 Å². The van der Waals surface area contributed by atoms with Crippen LogP contribution >= 0.6 is 0 Å². The van der Waals surface area contributed by atoms with Crippen molar-refractivity contribution in [2.75, 3.05) is 35.0 Å². The van der Waals surface area contributed by atoms with Gasteiger partial charge >= 0.3 is 5.97 Å². The van der Waals surface area contributed by atoms with Gasteiger partial charge in [-0.15, -0.1) is 0 Å². The van der Waals surface area contributed by atoms with E-state index in [2.05, 4.69) is 0 Å². The normalized spacial score (nSPS) is 21.1. The predicted molar refractivity (Wildman–Crippen MR) is 139 cm³/mol. The van der Waals surface area contributed by atoms with Gasteiger partial charge < -0.3 is 23.7 Å². The number of rotatable bonds is 8. The molecule has 0 saturated heterocycles. The molecule has 1 aliphatic carbocycles. The second-order valence-electron chi connectivity index (χ2n) is 9.08. The number of ketones is 1. The Labute approximate surface area is 217 Å². The van der Waals surface area contributed by atoms with Crippen molar-refractivity contribution in [3.05, 3.63) is 58.8 Å². The number of aliphatic imine (C=N–C) groups is 1. The number of nitrogens with zero attached hydrogens (tertiary/aromatic N) is 1. The minimum atomic E-state index is -0.572. The number of esters is 1.